The van der Waals surface area contributed by atoms with Gasteiger partial charge in [-0.15, -0.1) is 0 Å². The van der Waals surface area contributed by atoms with Crippen LogP contribution in [-0.2, 0) is 4.79 Å². The molecule has 0 unspecified atom stereocenters. The summed E-state index contributed by atoms with van der Waals surface area (Å²) < 4.78 is 4.98. The fraction of sp³-hybridized carbons (Fsp3) is 0.118. The Morgan fingerprint density at radius 1 is 1.05 bits per heavy atom. The molecule has 0 aliphatic heterocycles. The molecule has 0 radical (unpaired) electrons. The van der Waals surface area contributed by atoms with Crippen LogP contribution in [0, 0.1) is 6.92 Å². The Morgan fingerprint density at radius 2 is 1.65 bits per heavy atom. The lowest BCUT2D eigenvalue weighted by molar-refractivity contribution is -0.107. The number of aryl methyl sites for hydroxylation is 1. The lowest BCUT2D eigenvalue weighted by Gasteiger charge is -1.98. The third kappa shape index (κ3) is 6.76. The maximum absolute atomic E-state index is 10.4. The zero-order valence-electron chi connectivity index (χ0n) is 11.5. The minimum atomic E-state index is -0.476. The fourth-order valence-electron chi connectivity index (χ4n) is 1.41. The number of ether oxygens (including phenoxy) is 1. The fourth-order valence-corrected chi connectivity index (χ4v) is 1.47. The van der Waals surface area contributed by atoms with Gasteiger partial charge in [-0.05, 0) is 42.3 Å². The molecule has 2 aromatic carbocycles. The lowest BCUT2D eigenvalue weighted by Crippen LogP contribution is -1.82. The molecule has 3 heteroatoms. The maximum atomic E-state index is 10.4. The van der Waals surface area contributed by atoms with Crippen molar-refractivity contribution in [1.82, 2.24) is 0 Å². The van der Waals surface area contributed by atoms with Crippen LogP contribution in [0.1, 0.15) is 11.1 Å². The molecule has 0 heterocycles. The summed E-state index contributed by atoms with van der Waals surface area (Å²) in [6.45, 7) is 2.08. The van der Waals surface area contributed by atoms with E-state index in [-0.39, 0.29) is 0 Å². The van der Waals surface area contributed by atoms with Crippen LogP contribution in [-0.4, -0.2) is 12.4 Å². The van der Waals surface area contributed by atoms with Gasteiger partial charge in [-0.25, -0.2) is 0 Å². The normalized spacial score (nSPS) is 9.75. The van der Waals surface area contributed by atoms with E-state index in [1.54, 1.807) is 13.2 Å². The number of methoxy groups -OCH3 is 1. The van der Waals surface area contributed by atoms with E-state index in [4.69, 9.17) is 16.3 Å². The number of halogens is 1. The van der Waals surface area contributed by atoms with Crippen molar-refractivity contribution in [2.24, 2.45) is 0 Å². The number of rotatable bonds is 3. The lowest BCUT2D eigenvalue weighted by atomic mass is 10.2. The van der Waals surface area contributed by atoms with Gasteiger partial charge >= 0.3 is 0 Å². The van der Waals surface area contributed by atoms with E-state index in [0.29, 0.717) is 0 Å². The van der Waals surface area contributed by atoms with Gasteiger partial charge in [0.05, 0.1) is 7.11 Å². The quantitative estimate of drug-likeness (QED) is 0.615. The third-order valence-corrected chi connectivity index (χ3v) is 2.59. The van der Waals surface area contributed by atoms with Gasteiger partial charge in [0, 0.05) is 0 Å². The van der Waals surface area contributed by atoms with Crippen molar-refractivity contribution in [2.75, 3.05) is 7.11 Å². The molecular formula is C17H17ClO2. The number of hydrogen-bond donors (Lipinski definition) is 0. The Kier molecular flexibility index (Phi) is 7.15. The molecule has 0 atom stereocenters. The van der Waals surface area contributed by atoms with E-state index in [2.05, 4.69) is 19.1 Å². The largest absolute Gasteiger partial charge is 0.497 e. The highest BCUT2D eigenvalue weighted by Gasteiger charge is 1.90. The summed E-state index contributed by atoms with van der Waals surface area (Å²) in [5.74, 6) is 0.786. The molecule has 0 spiro atoms. The molecule has 20 heavy (non-hydrogen) atoms. The summed E-state index contributed by atoms with van der Waals surface area (Å²) in [7, 11) is 1.60. The van der Waals surface area contributed by atoms with Gasteiger partial charge < -0.3 is 4.74 Å². The predicted octanol–water partition coefficient (Wildman–Crippen LogP) is 4.47. The Balaban J connectivity index is 0.000000240. The molecule has 0 aromatic heterocycles. The summed E-state index contributed by atoms with van der Waals surface area (Å²) in [6.07, 6.45) is 2.96. The first-order valence-corrected chi connectivity index (χ1v) is 6.53. The number of carbonyl (C=O) groups is 1. The first kappa shape index (κ1) is 16.0. The van der Waals surface area contributed by atoms with Crippen molar-refractivity contribution >= 4 is 22.9 Å². The van der Waals surface area contributed by atoms with Crippen LogP contribution >= 0.6 is 11.6 Å². The van der Waals surface area contributed by atoms with Gasteiger partial charge in [0.15, 0.2) is 0 Å². The van der Waals surface area contributed by atoms with Crippen LogP contribution in [0.3, 0.4) is 0 Å². The average Bonchev–Trinajstić information content (AvgIpc) is 2.47. The summed E-state index contributed by atoms with van der Waals surface area (Å²) >= 11 is 5.14. The number of carbonyl (C=O) groups excluding carboxylic acids is 1. The number of allylic oxidation sites excluding steroid dienone is 1. The third-order valence-electron chi connectivity index (χ3n) is 2.46. The maximum Gasteiger partial charge on any atom is 0.245 e. The zero-order valence-corrected chi connectivity index (χ0v) is 12.3. The molecule has 2 nitrogen and oxygen atoms in total. The van der Waals surface area contributed by atoms with E-state index in [1.165, 1.54) is 11.6 Å². The van der Waals surface area contributed by atoms with Gasteiger partial charge in [-0.2, -0.15) is 0 Å². The Bertz CT molecular complexity index is 545. The van der Waals surface area contributed by atoms with Crippen LogP contribution in [0.2, 0.25) is 0 Å². The summed E-state index contributed by atoms with van der Waals surface area (Å²) in [4.78, 5) is 10.4. The number of benzene rings is 2. The Labute approximate surface area is 124 Å². The molecule has 0 bridgehead atoms. The Morgan fingerprint density at radius 3 is 2.05 bits per heavy atom. The van der Waals surface area contributed by atoms with E-state index in [0.717, 1.165) is 11.3 Å². The van der Waals surface area contributed by atoms with Gasteiger partial charge in [0.2, 0.25) is 5.24 Å². The first-order chi connectivity index (χ1) is 9.61. The van der Waals surface area contributed by atoms with Crippen molar-refractivity contribution in [3.63, 3.8) is 0 Å². The molecule has 104 valence electrons. The van der Waals surface area contributed by atoms with Crippen molar-refractivity contribution < 1.29 is 9.53 Å². The summed E-state index contributed by atoms with van der Waals surface area (Å²) in [5.41, 5.74) is 2.23. The van der Waals surface area contributed by atoms with Crippen LogP contribution in [0.4, 0.5) is 0 Å². The summed E-state index contributed by atoms with van der Waals surface area (Å²) in [5, 5.41) is -0.476. The van der Waals surface area contributed by atoms with E-state index in [9.17, 15) is 4.79 Å². The molecule has 2 rings (SSSR count). The SMILES string of the molecule is COc1ccc(/C=C/C(=O)Cl)cc1.Cc1ccccc1. The number of hydrogen-bond acceptors (Lipinski definition) is 2. The van der Waals surface area contributed by atoms with Crippen LogP contribution in [0.5, 0.6) is 5.75 Å². The van der Waals surface area contributed by atoms with Gasteiger partial charge in [-0.1, -0.05) is 54.1 Å². The molecule has 0 aliphatic carbocycles. The monoisotopic (exact) mass is 288 g/mol. The zero-order chi connectivity index (χ0) is 14.8. The second-order valence-corrected chi connectivity index (χ2v) is 4.44. The molecule has 2 aromatic rings. The van der Waals surface area contributed by atoms with Crippen molar-refractivity contribution in [3.05, 3.63) is 71.8 Å². The molecule has 0 saturated heterocycles. The average molecular weight is 289 g/mol. The van der Waals surface area contributed by atoms with E-state index >= 15 is 0 Å². The molecule has 0 saturated carbocycles. The highest BCUT2D eigenvalue weighted by molar-refractivity contribution is 6.66. The van der Waals surface area contributed by atoms with Crippen LogP contribution in [0.25, 0.3) is 6.08 Å². The molecule has 0 N–H and O–H groups in total. The van der Waals surface area contributed by atoms with Crippen LogP contribution in [0.15, 0.2) is 60.7 Å². The second kappa shape index (κ2) is 8.94. The van der Waals surface area contributed by atoms with E-state index in [1.807, 2.05) is 42.5 Å². The summed E-state index contributed by atoms with van der Waals surface area (Å²) in [6, 6.07) is 17.6. The minimum absolute atomic E-state index is 0.476. The smallest absolute Gasteiger partial charge is 0.245 e. The van der Waals surface area contributed by atoms with E-state index < -0.39 is 5.24 Å². The standard InChI is InChI=1S/C10H9ClO2.C7H8/c1-13-9-5-2-8(3-6-9)4-7-10(11)12;1-7-5-3-2-4-6-7/h2-7H,1H3;2-6H,1H3/b7-4+;. The van der Waals surface area contributed by atoms with Crippen molar-refractivity contribution in [1.29, 1.82) is 0 Å². The second-order valence-electron chi connectivity index (χ2n) is 4.07. The topological polar surface area (TPSA) is 26.3 Å². The molecule has 0 fully saturated rings. The Hall–Kier alpha value is -2.06. The van der Waals surface area contributed by atoms with Crippen LogP contribution < -0.4 is 4.74 Å². The first-order valence-electron chi connectivity index (χ1n) is 6.15. The molecule has 0 amide bonds. The van der Waals surface area contributed by atoms with Gasteiger partial charge in [0.25, 0.3) is 0 Å². The van der Waals surface area contributed by atoms with Crippen molar-refractivity contribution in [2.45, 2.75) is 6.92 Å². The minimum Gasteiger partial charge on any atom is -0.497 e. The molecular weight excluding hydrogens is 272 g/mol. The highest BCUT2D eigenvalue weighted by atomic mass is 35.5. The predicted molar refractivity (Wildman–Crippen MR) is 84.1 cm³/mol. The van der Waals surface area contributed by atoms with Crippen molar-refractivity contribution in [3.8, 4) is 5.75 Å². The highest BCUT2D eigenvalue weighted by Crippen LogP contribution is 2.12. The van der Waals surface area contributed by atoms with Gasteiger partial charge in [-0.3, -0.25) is 4.79 Å². The molecule has 0 aliphatic rings. The van der Waals surface area contributed by atoms with Gasteiger partial charge in [0.1, 0.15) is 5.75 Å².